The second kappa shape index (κ2) is 13.1. The Morgan fingerprint density at radius 2 is 1.70 bits per heavy atom. The summed E-state index contributed by atoms with van der Waals surface area (Å²) in [7, 11) is -4.04. The lowest BCUT2D eigenvalue weighted by molar-refractivity contribution is -0.117. The number of amides is 1. The predicted octanol–water partition coefficient (Wildman–Crippen LogP) is 5.20. The van der Waals surface area contributed by atoms with Crippen LogP contribution in [0.15, 0.2) is 95.9 Å². The molecule has 0 radical (unpaired) electrons. The van der Waals surface area contributed by atoms with Crippen LogP contribution in [-0.2, 0) is 34.4 Å². The minimum absolute atomic E-state index is 0.0383. The van der Waals surface area contributed by atoms with E-state index in [-0.39, 0.29) is 29.6 Å². The summed E-state index contributed by atoms with van der Waals surface area (Å²) in [5, 5.41) is 10.4. The van der Waals surface area contributed by atoms with E-state index in [0.717, 1.165) is 52.2 Å². The highest BCUT2D eigenvalue weighted by atomic mass is 32.2. The van der Waals surface area contributed by atoms with Gasteiger partial charge in [-0.25, -0.2) is 8.42 Å². The molecule has 11 heteroatoms. The van der Waals surface area contributed by atoms with Crippen LogP contribution in [0.5, 0.6) is 5.75 Å². The van der Waals surface area contributed by atoms with Gasteiger partial charge in [-0.2, -0.15) is 0 Å². The second-order valence-electron chi connectivity index (χ2n) is 11.8. The van der Waals surface area contributed by atoms with Crippen LogP contribution in [0.1, 0.15) is 30.4 Å². The first kappa shape index (κ1) is 31.0. The molecular formula is C35H38N6O4S. The van der Waals surface area contributed by atoms with Gasteiger partial charge >= 0.3 is 0 Å². The van der Waals surface area contributed by atoms with Crippen LogP contribution < -0.4 is 20.9 Å². The Kier molecular flexibility index (Phi) is 8.85. The number of ether oxygens (including phenoxy) is 1. The van der Waals surface area contributed by atoms with E-state index in [9.17, 15) is 13.2 Å². The maximum Gasteiger partial charge on any atom is 0.263 e. The number of anilines is 1. The first-order valence-electron chi connectivity index (χ1n) is 15.4. The molecule has 1 amide bonds. The van der Waals surface area contributed by atoms with Gasteiger partial charge in [-0.05, 0) is 71.8 Å². The topological polar surface area (TPSA) is 157 Å². The molecule has 1 aliphatic heterocycles. The molecular weight excluding hydrogens is 600 g/mol. The largest absolute Gasteiger partial charge is 0.489 e. The number of nitrogens with two attached hydrogens (primary N) is 2. The molecule has 1 fully saturated rings. The highest BCUT2D eigenvalue weighted by Gasteiger charge is 2.27. The van der Waals surface area contributed by atoms with Crippen LogP contribution in [0.4, 0.5) is 5.82 Å². The molecule has 1 aliphatic rings. The Hall–Kier alpha value is -5.03. The third kappa shape index (κ3) is 6.79. The van der Waals surface area contributed by atoms with Gasteiger partial charge in [0, 0.05) is 42.5 Å². The van der Waals surface area contributed by atoms with Crippen LogP contribution in [0.3, 0.4) is 0 Å². The standard InChI is InChI=1S/C35H38N6O4S/c36-33(42)17-16-31-30-10-4-5-11-32(30)41(22-25-9-6-18-40(21-25)35(37)38)34(31)39-46(43,44)29-15-13-26-19-28(14-12-27(26)20-29)45-23-24-7-2-1-3-8-24/h1-5,7-8,10-15,19-20,25,39H,6,9,16-18,21-23H2,(H2,36,42)(H3,37,38)/t25-/m1/s1. The highest BCUT2D eigenvalue weighted by Crippen LogP contribution is 2.35. The number of piperidine rings is 1. The number of rotatable bonds is 11. The van der Waals surface area contributed by atoms with Crippen LogP contribution >= 0.6 is 0 Å². The maximum absolute atomic E-state index is 14.0. The molecule has 0 saturated carbocycles. The van der Waals surface area contributed by atoms with E-state index in [0.29, 0.717) is 31.3 Å². The molecule has 6 N–H and O–H groups in total. The number of hydrogen-bond acceptors (Lipinski definition) is 5. The number of likely N-dealkylation sites (tertiary alicyclic amines) is 1. The average molecular weight is 639 g/mol. The number of primary amides is 1. The van der Waals surface area contributed by atoms with Gasteiger partial charge in [0.05, 0.1) is 4.90 Å². The molecule has 1 saturated heterocycles. The predicted molar refractivity (Wildman–Crippen MR) is 181 cm³/mol. The molecule has 0 aliphatic carbocycles. The van der Waals surface area contributed by atoms with E-state index in [4.69, 9.17) is 21.6 Å². The van der Waals surface area contributed by atoms with Crippen molar-refractivity contribution >= 4 is 49.4 Å². The number of aryl methyl sites for hydroxylation is 1. The lowest BCUT2D eigenvalue weighted by atomic mass is 9.98. The number of hydrogen-bond donors (Lipinski definition) is 4. The van der Waals surface area contributed by atoms with Crippen molar-refractivity contribution in [2.24, 2.45) is 17.4 Å². The minimum atomic E-state index is -4.04. The van der Waals surface area contributed by atoms with E-state index in [2.05, 4.69) is 4.72 Å². The Morgan fingerprint density at radius 3 is 2.48 bits per heavy atom. The fourth-order valence-electron chi connectivity index (χ4n) is 6.26. The summed E-state index contributed by atoms with van der Waals surface area (Å²) in [4.78, 5) is 13.8. The molecule has 1 aromatic heterocycles. The molecule has 4 aromatic carbocycles. The molecule has 0 bridgehead atoms. The molecule has 6 rings (SSSR count). The normalized spacial score (nSPS) is 15.2. The Balaban J connectivity index is 1.32. The van der Waals surface area contributed by atoms with Crippen molar-refractivity contribution < 1.29 is 17.9 Å². The number of nitrogens with one attached hydrogen (secondary N) is 2. The Morgan fingerprint density at radius 1 is 0.957 bits per heavy atom. The summed E-state index contributed by atoms with van der Waals surface area (Å²) in [5.74, 6) is 0.833. The zero-order valence-corrected chi connectivity index (χ0v) is 26.3. The molecule has 1 atom stereocenters. The Labute approximate surface area is 268 Å². The van der Waals surface area contributed by atoms with Crippen LogP contribution in [-0.4, -0.2) is 42.8 Å². The fraction of sp³-hybridized carbons (Fsp3) is 0.257. The minimum Gasteiger partial charge on any atom is -0.489 e. The van der Waals surface area contributed by atoms with E-state index in [1.54, 1.807) is 18.2 Å². The van der Waals surface area contributed by atoms with Crippen molar-refractivity contribution in [1.82, 2.24) is 9.47 Å². The smallest absolute Gasteiger partial charge is 0.263 e. The summed E-state index contributed by atoms with van der Waals surface area (Å²) < 4.78 is 38.9. The lowest BCUT2D eigenvalue weighted by Gasteiger charge is -2.33. The first-order valence-corrected chi connectivity index (χ1v) is 16.9. The van der Waals surface area contributed by atoms with E-state index >= 15 is 0 Å². The number of aromatic nitrogens is 1. The Bertz CT molecular complexity index is 2010. The van der Waals surface area contributed by atoms with E-state index < -0.39 is 15.9 Å². The first-order chi connectivity index (χ1) is 22.2. The summed E-state index contributed by atoms with van der Waals surface area (Å²) in [6, 6.07) is 28.2. The van der Waals surface area contributed by atoms with Crippen LogP contribution in [0.2, 0.25) is 0 Å². The zero-order valence-electron chi connectivity index (χ0n) is 25.5. The molecule has 2 heterocycles. The molecule has 5 aromatic rings. The third-order valence-corrected chi connectivity index (χ3v) is 9.91. The van der Waals surface area contributed by atoms with E-state index in [1.807, 2.05) is 82.3 Å². The van der Waals surface area contributed by atoms with Crippen LogP contribution in [0.25, 0.3) is 21.7 Å². The van der Waals surface area contributed by atoms with Crippen molar-refractivity contribution in [3.05, 3.63) is 102 Å². The summed E-state index contributed by atoms with van der Waals surface area (Å²) in [6.07, 6.45) is 2.17. The van der Waals surface area contributed by atoms with Gasteiger partial charge in [-0.3, -0.25) is 14.9 Å². The average Bonchev–Trinajstić information content (AvgIpc) is 3.33. The summed E-state index contributed by atoms with van der Waals surface area (Å²) in [5.41, 5.74) is 14.0. The van der Waals surface area contributed by atoms with Crippen molar-refractivity contribution in [3.63, 3.8) is 0 Å². The fourth-order valence-corrected chi connectivity index (χ4v) is 7.39. The van der Waals surface area contributed by atoms with E-state index in [1.165, 1.54) is 0 Å². The zero-order chi connectivity index (χ0) is 32.3. The van der Waals surface area contributed by atoms with Gasteiger partial charge in [0.2, 0.25) is 5.91 Å². The lowest BCUT2D eigenvalue weighted by Crippen LogP contribution is -2.44. The third-order valence-electron chi connectivity index (χ3n) is 8.57. The van der Waals surface area contributed by atoms with Gasteiger partial charge in [0.1, 0.15) is 18.2 Å². The summed E-state index contributed by atoms with van der Waals surface area (Å²) in [6.45, 7) is 2.28. The molecule has 10 nitrogen and oxygen atoms in total. The van der Waals surface area contributed by atoms with Crippen molar-refractivity contribution in [2.75, 3.05) is 17.8 Å². The van der Waals surface area contributed by atoms with Gasteiger partial charge in [0.25, 0.3) is 10.0 Å². The molecule has 238 valence electrons. The number of carbonyl (C=O) groups excluding carboxylic acids is 1. The number of guanidine groups is 1. The monoisotopic (exact) mass is 638 g/mol. The molecule has 0 unspecified atom stereocenters. The van der Waals surface area contributed by atoms with Gasteiger partial charge < -0.3 is 25.7 Å². The number of sulfonamides is 1. The van der Waals surface area contributed by atoms with Crippen LogP contribution in [0, 0.1) is 11.3 Å². The SMILES string of the molecule is N=C(N)N1CCC[C@@H](Cn2c(NS(=O)(=O)c3ccc4cc(OCc5ccccc5)ccc4c3)c(CCC(N)=O)c3ccccc32)C1. The van der Waals surface area contributed by atoms with Crippen molar-refractivity contribution in [1.29, 1.82) is 5.41 Å². The second-order valence-corrected chi connectivity index (χ2v) is 13.5. The molecule has 0 spiro atoms. The number of benzene rings is 4. The van der Waals surface area contributed by atoms with Crippen molar-refractivity contribution in [2.45, 2.75) is 43.7 Å². The quantitative estimate of drug-likeness (QED) is 0.115. The maximum atomic E-state index is 14.0. The number of fused-ring (bicyclic) bond motifs is 2. The van der Waals surface area contributed by atoms with Gasteiger partial charge in [0.15, 0.2) is 5.96 Å². The number of nitrogens with zero attached hydrogens (tertiary/aromatic N) is 2. The van der Waals surface area contributed by atoms with Gasteiger partial charge in [-0.1, -0.05) is 60.7 Å². The molecule has 46 heavy (non-hydrogen) atoms. The van der Waals surface area contributed by atoms with Gasteiger partial charge in [-0.15, -0.1) is 0 Å². The number of carbonyl (C=O) groups is 1. The highest BCUT2D eigenvalue weighted by molar-refractivity contribution is 7.92. The summed E-state index contributed by atoms with van der Waals surface area (Å²) >= 11 is 0. The van der Waals surface area contributed by atoms with Crippen molar-refractivity contribution in [3.8, 4) is 5.75 Å². The number of para-hydroxylation sites is 1.